The molecular formula is C74H70BBrCl2O2. The van der Waals surface area contributed by atoms with Gasteiger partial charge in [0.15, 0.2) is 0 Å². The minimum Gasteiger partial charge on any atom is -0.399 e. The lowest BCUT2D eigenvalue weighted by atomic mass is 9.66. The van der Waals surface area contributed by atoms with E-state index < -0.39 is 0 Å². The van der Waals surface area contributed by atoms with Crippen LogP contribution in [0.5, 0.6) is 0 Å². The van der Waals surface area contributed by atoms with Crippen molar-refractivity contribution in [2.75, 3.05) is 0 Å². The molecule has 1 heterocycles. The Kier molecular flexibility index (Phi) is 11.6. The van der Waals surface area contributed by atoms with Crippen molar-refractivity contribution in [2.45, 2.75) is 140 Å². The predicted molar refractivity (Wildman–Crippen MR) is 337 cm³/mol. The summed E-state index contributed by atoms with van der Waals surface area (Å²) >= 11 is 16.1. The quantitative estimate of drug-likeness (QED) is 0.161. The fourth-order valence-corrected chi connectivity index (χ4v) is 18.6. The lowest BCUT2D eigenvalue weighted by molar-refractivity contribution is 0.00578. The molecule has 6 atom stereocenters. The fraction of sp³-hybridized carbons (Fsp3) is 0.351. The SMILES string of the molecule is CC1(C)OB(c2cccc3c2-c2ccccc2C32CC3CCC2C3)OC1(C)C.CC1(C)c2cc(Cl)ccc2-c2ccc(-c3cccc4c3-c3ccccc3C43CC4CCC3C4)cc21.CC1(C)c2cc(Cl)ccc2-c2ccc(Br)cc21. The van der Waals surface area contributed by atoms with E-state index in [4.69, 9.17) is 32.5 Å². The third-order valence-electron chi connectivity index (χ3n) is 22.2. The van der Waals surface area contributed by atoms with E-state index in [1.54, 1.807) is 16.7 Å². The van der Waals surface area contributed by atoms with Crippen LogP contribution < -0.4 is 5.46 Å². The summed E-state index contributed by atoms with van der Waals surface area (Å²) in [7, 11) is -0.304. The van der Waals surface area contributed by atoms with E-state index in [-0.39, 0.29) is 40.0 Å². The third kappa shape index (κ3) is 7.23. The maximum absolute atomic E-state index is 6.48. The Morgan fingerprint density at radius 2 is 0.850 bits per heavy atom. The molecule has 8 aromatic rings. The Bertz CT molecular complexity index is 3860. The molecule has 0 aromatic heterocycles. The van der Waals surface area contributed by atoms with Crippen molar-refractivity contribution >= 4 is 51.7 Å². The first-order chi connectivity index (χ1) is 38.3. The second-order valence-electron chi connectivity index (χ2n) is 27.4. The topological polar surface area (TPSA) is 18.5 Å². The molecule has 5 fully saturated rings. The monoisotopic (exact) mass is 1150 g/mol. The van der Waals surface area contributed by atoms with Gasteiger partial charge in [-0.05, 0) is 238 Å². The lowest BCUT2D eigenvalue weighted by Gasteiger charge is -2.36. The standard InChI is InChI=1S/C34H29Cl.C25H29BO2.C15H12BrCl/c1-33(2)30-17-21(11-14-25(30)26-15-13-23(35)18-31(26)33)24-7-5-9-29-32(24)27-6-3-4-8-28(27)34(29)19-20-10-12-22(34)16-20;1-23(2)24(3,4)28-26(27-23)21-11-7-10-20-22(21)18-8-5-6-9-19(18)25(20)15-16-12-13-17(25)14-16;1-15(2)13-7-9(16)3-5-11(13)12-6-4-10(17)8-14(12)15/h3-9,11,13-15,17-18,20,22H,10,12,16,19H2,1-2H3;5-11,16-17H,12-15H2,1-4H3;3-8H,1-2H3. The Morgan fingerprint density at radius 1 is 0.412 bits per heavy atom. The Balaban J connectivity index is 0.000000110. The van der Waals surface area contributed by atoms with Gasteiger partial charge in [-0.1, -0.05) is 195 Å². The van der Waals surface area contributed by atoms with Crippen LogP contribution in [0.15, 0.2) is 162 Å². The van der Waals surface area contributed by atoms with E-state index in [1.165, 1.54) is 140 Å². The lowest BCUT2D eigenvalue weighted by Crippen LogP contribution is -2.41. The van der Waals surface area contributed by atoms with E-state index >= 15 is 0 Å². The van der Waals surface area contributed by atoms with Crippen LogP contribution in [0.3, 0.4) is 0 Å². The van der Waals surface area contributed by atoms with Crippen LogP contribution in [0, 0.1) is 23.7 Å². The molecule has 2 spiro atoms. The molecule has 402 valence electrons. The van der Waals surface area contributed by atoms with Crippen LogP contribution in [0.25, 0.3) is 55.6 Å². The summed E-state index contributed by atoms with van der Waals surface area (Å²) in [4.78, 5) is 0. The third-order valence-corrected chi connectivity index (χ3v) is 23.2. The molecule has 2 nitrogen and oxygen atoms in total. The first kappa shape index (κ1) is 51.7. The van der Waals surface area contributed by atoms with Gasteiger partial charge in [0.05, 0.1) is 11.2 Å². The zero-order chi connectivity index (χ0) is 55.0. The Labute approximate surface area is 493 Å². The van der Waals surface area contributed by atoms with Gasteiger partial charge in [-0.15, -0.1) is 0 Å². The molecule has 80 heavy (non-hydrogen) atoms. The highest BCUT2D eigenvalue weighted by molar-refractivity contribution is 9.10. The Morgan fingerprint density at radius 3 is 1.38 bits per heavy atom. The molecule has 8 aliphatic carbocycles. The van der Waals surface area contributed by atoms with E-state index in [1.807, 2.05) is 12.1 Å². The van der Waals surface area contributed by atoms with Crippen molar-refractivity contribution < 1.29 is 9.31 Å². The first-order valence-corrected chi connectivity index (χ1v) is 31.2. The highest BCUT2D eigenvalue weighted by Gasteiger charge is 2.60. The largest absolute Gasteiger partial charge is 0.495 e. The minimum absolute atomic E-state index is 0.0271. The van der Waals surface area contributed by atoms with E-state index in [0.717, 1.165) is 38.2 Å². The maximum Gasteiger partial charge on any atom is 0.495 e. The van der Waals surface area contributed by atoms with Crippen molar-refractivity contribution in [1.29, 1.82) is 0 Å². The fourth-order valence-electron chi connectivity index (χ4n) is 17.9. The molecule has 6 unspecified atom stereocenters. The smallest absolute Gasteiger partial charge is 0.399 e. The predicted octanol–water partition coefficient (Wildman–Crippen LogP) is 19.9. The van der Waals surface area contributed by atoms with Crippen LogP contribution in [0.2, 0.25) is 10.0 Å². The molecule has 4 saturated carbocycles. The molecule has 1 saturated heterocycles. The van der Waals surface area contributed by atoms with Crippen LogP contribution in [0.1, 0.15) is 151 Å². The average Bonchev–Trinajstić information content (AvgIpc) is 4.35. The number of hydrogen-bond donors (Lipinski definition) is 0. The van der Waals surface area contributed by atoms with Crippen molar-refractivity contribution in [1.82, 2.24) is 0 Å². The summed E-state index contributed by atoms with van der Waals surface area (Å²) in [6.45, 7) is 17.7. The molecule has 9 aliphatic rings. The highest BCUT2D eigenvalue weighted by Crippen LogP contribution is 2.68. The van der Waals surface area contributed by atoms with Crippen molar-refractivity contribution in [3.8, 4) is 55.6 Å². The summed E-state index contributed by atoms with van der Waals surface area (Å²) in [5.74, 6) is 3.37. The van der Waals surface area contributed by atoms with Crippen LogP contribution in [-0.4, -0.2) is 18.3 Å². The van der Waals surface area contributed by atoms with Crippen molar-refractivity contribution in [2.24, 2.45) is 23.7 Å². The van der Waals surface area contributed by atoms with Gasteiger partial charge < -0.3 is 9.31 Å². The number of benzene rings is 8. The molecule has 6 heteroatoms. The number of rotatable bonds is 2. The summed E-state index contributed by atoms with van der Waals surface area (Å²) in [5, 5.41) is 1.63. The summed E-state index contributed by atoms with van der Waals surface area (Å²) in [6.07, 6.45) is 11.1. The van der Waals surface area contributed by atoms with Crippen LogP contribution in [-0.2, 0) is 31.0 Å². The molecule has 17 rings (SSSR count). The maximum atomic E-state index is 6.48. The van der Waals surface area contributed by atoms with Crippen molar-refractivity contribution in [3.63, 3.8) is 0 Å². The van der Waals surface area contributed by atoms with Crippen LogP contribution in [0.4, 0.5) is 0 Å². The second-order valence-corrected chi connectivity index (χ2v) is 29.1. The van der Waals surface area contributed by atoms with Gasteiger partial charge in [-0.2, -0.15) is 0 Å². The number of fused-ring (bicyclic) bond motifs is 22. The molecule has 0 N–H and O–H groups in total. The summed E-state index contributed by atoms with van der Waals surface area (Å²) in [5.41, 5.74) is 26.5. The average molecular weight is 1150 g/mol. The van der Waals surface area contributed by atoms with Gasteiger partial charge >= 0.3 is 7.12 Å². The molecule has 1 aliphatic heterocycles. The second kappa shape index (κ2) is 17.9. The van der Waals surface area contributed by atoms with Gasteiger partial charge in [0.25, 0.3) is 0 Å². The molecule has 4 bridgehead atoms. The molecule has 0 radical (unpaired) electrons. The summed E-state index contributed by atoms with van der Waals surface area (Å²) in [6, 6.07) is 58.6. The van der Waals surface area contributed by atoms with Gasteiger partial charge in [0, 0.05) is 36.2 Å². The molecule has 8 aromatic carbocycles. The number of hydrogen-bond acceptors (Lipinski definition) is 2. The van der Waals surface area contributed by atoms with E-state index in [9.17, 15) is 0 Å². The van der Waals surface area contributed by atoms with Crippen molar-refractivity contribution in [3.05, 3.63) is 217 Å². The number of halogens is 3. The van der Waals surface area contributed by atoms with E-state index in [2.05, 4.69) is 217 Å². The van der Waals surface area contributed by atoms with Gasteiger partial charge in [-0.25, -0.2) is 0 Å². The van der Waals surface area contributed by atoms with Gasteiger partial charge in [-0.3, -0.25) is 0 Å². The zero-order valence-corrected chi connectivity index (χ0v) is 50.6. The zero-order valence-electron chi connectivity index (χ0n) is 47.5. The van der Waals surface area contributed by atoms with Gasteiger partial charge in [0.1, 0.15) is 0 Å². The van der Waals surface area contributed by atoms with Gasteiger partial charge in [0.2, 0.25) is 0 Å². The van der Waals surface area contributed by atoms with Crippen LogP contribution >= 0.6 is 39.1 Å². The molecular weight excluding hydrogens is 1080 g/mol. The normalized spacial score (nSPS) is 26.4. The highest BCUT2D eigenvalue weighted by atomic mass is 79.9. The summed E-state index contributed by atoms with van der Waals surface area (Å²) < 4.78 is 14.1. The van der Waals surface area contributed by atoms with E-state index in [0.29, 0.717) is 0 Å². The Hall–Kier alpha value is -5.20. The first-order valence-electron chi connectivity index (χ1n) is 29.7. The molecule has 0 amide bonds. The minimum atomic E-state index is -0.317.